The maximum Gasteiger partial charge on any atom is 0.260 e. The van der Waals surface area contributed by atoms with Crippen LogP contribution in [0.3, 0.4) is 0 Å². The molecule has 6 nitrogen and oxygen atoms in total. The number of aromatic nitrogens is 3. The van der Waals surface area contributed by atoms with E-state index in [4.69, 9.17) is 18.9 Å². The Labute approximate surface area is 500 Å². The van der Waals surface area contributed by atoms with Crippen LogP contribution in [0.2, 0.25) is 0 Å². The van der Waals surface area contributed by atoms with E-state index in [1.807, 2.05) is 32.2 Å². The summed E-state index contributed by atoms with van der Waals surface area (Å²) in [6.07, 6.45) is 1.82. The fourth-order valence-corrected chi connectivity index (χ4v) is 12.0. The van der Waals surface area contributed by atoms with Crippen molar-refractivity contribution in [2.45, 2.75) is 106 Å². The first-order valence-corrected chi connectivity index (χ1v) is 28.6. The van der Waals surface area contributed by atoms with Gasteiger partial charge in [-0.1, -0.05) is 171 Å². The molecule has 0 amide bonds. The number of ether oxygens (including phenoxy) is 2. The SMILES string of the molecule is CC(C)c1cccc(C(C)C)c1-n1c(-c2[c-]ccc3c2oc2cc(-c4ccc5c6c7c(cc5c4)Oc4ccc(C(C)(C)C)cc4B7c4cc(C(C)(C)C)ccc4O6)ccc23)nc2ccccc21.Cc1cnc(-c2[c-]cc(F)cc2)cc1C.[Ir]. The largest absolute Gasteiger partial charge is 0.501 e. The Hall–Kier alpha value is -8.10. The minimum Gasteiger partial charge on any atom is -0.501 e. The Morgan fingerprint density at radius 1 is 0.614 bits per heavy atom. The zero-order chi connectivity index (χ0) is 57.1. The summed E-state index contributed by atoms with van der Waals surface area (Å²) in [5.41, 5.74) is 20.3. The van der Waals surface area contributed by atoms with Crippen molar-refractivity contribution < 1.29 is 38.4 Å². The molecule has 0 N–H and O–H groups in total. The fourth-order valence-electron chi connectivity index (χ4n) is 12.0. The number of halogens is 1. The third-order valence-corrected chi connectivity index (χ3v) is 16.7. The van der Waals surface area contributed by atoms with E-state index in [1.165, 1.54) is 56.6 Å². The average molecular weight is 1270 g/mol. The number of benzene rings is 9. The maximum absolute atomic E-state index is 12.7. The number of aryl methyl sites for hydroxylation is 2. The molecule has 5 heterocycles. The molecule has 3 aromatic heterocycles. The Bertz CT molecular complexity index is 4490. The Morgan fingerprint density at radius 2 is 1.28 bits per heavy atom. The first kappa shape index (κ1) is 55.4. The number of hydrogen-bond acceptors (Lipinski definition) is 5. The summed E-state index contributed by atoms with van der Waals surface area (Å²) in [6, 6.07) is 61.1. The molecule has 0 atom stereocenters. The van der Waals surface area contributed by atoms with E-state index in [9.17, 15) is 4.39 Å². The topological polar surface area (TPSA) is 62.3 Å². The molecule has 14 rings (SSSR count). The first-order chi connectivity index (χ1) is 39.3. The van der Waals surface area contributed by atoms with Crippen molar-refractivity contribution in [2.75, 3.05) is 0 Å². The summed E-state index contributed by atoms with van der Waals surface area (Å²) in [5.74, 6) is 4.67. The van der Waals surface area contributed by atoms with Crippen molar-refractivity contribution in [3.05, 3.63) is 215 Å². The molecular formula is C74H65BFIrN3O3-2. The number of para-hydroxylation sites is 3. The minimum absolute atomic E-state index is 0. The van der Waals surface area contributed by atoms with E-state index in [0.29, 0.717) is 11.8 Å². The van der Waals surface area contributed by atoms with Gasteiger partial charge in [-0.25, -0.2) is 0 Å². The van der Waals surface area contributed by atoms with Crippen LogP contribution in [0.1, 0.15) is 114 Å². The second-order valence-corrected chi connectivity index (χ2v) is 25.0. The van der Waals surface area contributed by atoms with E-state index in [0.717, 1.165) is 112 Å². The van der Waals surface area contributed by atoms with Crippen molar-refractivity contribution in [2.24, 2.45) is 0 Å². The van der Waals surface area contributed by atoms with Crippen LogP contribution in [0.25, 0.3) is 83.2 Å². The minimum atomic E-state index is -0.275. The predicted molar refractivity (Wildman–Crippen MR) is 337 cm³/mol. The molecule has 0 saturated heterocycles. The predicted octanol–water partition coefficient (Wildman–Crippen LogP) is 18.1. The van der Waals surface area contributed by atoms with Gasteiger partial charge in [0, 0.05) is 54.0 Å². The molecule has 83 heavy (non-hydrogen) atoms. The fraction of sp³-hybridized carbons (Fsp3) is 0.216. The molecule has 2 aliphatic rings. The van der Waals surface area contributed by atoms with Gasteiger partial charge >= 0.3 is 0 Å². The van der Waals surface area contributed by atoms with Crippen LogP contribution >= 0.6 is 0 Å². The number of rotatable bonds is 6. The van der Waals surface area contributed by atoms with Crippen LogP contribution in [0.5, 0.6) is 23.0 Å². The molecule has 9 aromatic carbocycles. The van der Waals surface area contributed by atoms with Gasteiger partial charge in [-0.15, -0.1) is 48.0 Å². The van der Waals surface area contributed by atoms with E-state index < -0.39 is 0 Å². The monoisotopic (exact) mass is 1270 g/mol. The molecule has 0 aliphatic carbocycles. The van der Waals surface area contributed by atoms with Crippen LogP contribution < -0.4 is 25.9 Å². The van der Waals surface area contributed by atoms with Gasteiger partial charge in [0.1, 0.15) is 28.6 Å². The molecule has 0 fully saturated rings. The summed E-state index contributed by atoms with van der Waals surface area (Å²) < 4.78 is 35.9. The average Bonchev–Trinajstić information content (AvgIpc) is 1.27. The van der Waals surface area contributed by atoms with E-state index in [1.54, 1.807) is 6.07 Å². The van der Waals surface area contributed by atoms with Crippen LogP contribution in [0.4, 0.5) is 4.39 Å². The summed E-state index contributed by atoms with van der Waals surface area (Å²) in [5, 5.41) is 4.20. The first-order valence-electron chi connectivity index (χ1n) is 28.6. The van der Waals surface area contributed by atoms with Crippen LogP contribution in [-0.4, -0.2) is 21.2 Å². The molecule has 0 saturated carbocycles. The molecule has 1 radical (unpaired) electrons. The standard InChI is InChI=1S/C61H54BN2O3.C13H11FN.Ir/c1-34(2)41-15-13-16-42(35(3)4)56(41)64-50-20-12-11-19-49(50)63-59(64)46-18-14-17-45-44-26-22-37(30-53(44)67-57(45)46)36-21-25-43-38(29-36)31-54-55-58(43)66-52-28-24-40(61(8,9)10)33-48(52)62(55)47-32-39(60(5,6)7)23-27-51(47)65-54;1-9-7-13(15-8-10(9)2)11-3-5-12(14)6-4-11;/h11-17,19-35H,1-10H3;3,5-8H,1-2H3;/q2*-1;. The zero-order valence-electron chi connectivity index (χ0n) is 49.1. The van der Waals surface area contributed by atoms with Gasteiger partial charge < -0.3 is 23.4 Å². The Kier molecular flexibility index (Phi) is 14.0. The third kappa shape index (κ3) is 9.76. The Morgan fingerprint density at radius 3 is 1.93 bits per heavy atom. The zero-order valence-corrected chi connectivity index (χ0v) is 51.5. The van der Waals surface area contributed by atoms with Gasteiger partial charge in [-0.2, -0.15) is 0 Å². The normalized spacial score (nSPS) is 12.7. The summed E-state index contributed by atoms with van der Waals surface area (Å²) >= 11 is 0. The van der Waals surface area contributed by atoms with E-state index in [-0.39, 0.29) is 43.5 Å². The molecule has 9 heteroatoms. The molecule has 0 bridgehead atoms. The van der Waals surface area contributed by atoms with Crippen molar-refractivity contribution in [1.29, 1.82) is 0 Å². The summed E-state index contributed by atoms with van der Waals surface area (Å²) in [7, 11) is 0. The smallest absolute Gasteiger partial charge is 0.260 e. The summed E-state index contributed by atoms with van der Waals surface area (Å²) in [6.45, 7) is 26.7. The molecule has 0 unspecified atom stereocenters. The van der Waals surface area contributed by atoms with Gasteiger partial charge in [-0.3, -0.25) is 9.37 Å². The molecule has 12 aromatic rings. The van der Waals surface area contributed by atoms with Crippen molar-refractivity contribution in [3.8, 4) is 62.5 Å². The van der Waals surface area contributed by atoms with Gasteiger partial charge in [-0.05, 0) is 140 Å². The quantitative estimate of drug-likeness (QED) is 0.123. The number of furan rings is 1. The second-order valence-electron chi connectivity index (χ2n) is 25.0. The molecule has 415 valence electrons. The molecular weight excluding hydrogens is 1200 g/mol. The van der Waals surface area contributed by atoms with E-state index >= 15 is 0 Å². The maximum atomic E-state index is 12.7. The van der Waals surface area contributed by atoms with Crippen LogP contribution in [-0.2, 0) is 30.9 Å². The van der Waals surface area contributed by atoms with Gasteiger partial charge in [0.25, 0.3) is 6.71 Å². The number of pyridine rings is 1. The van der Waals surface area contributed by atoms with Crippen molar-refractivity contribution >= 4 is 66.8 Å². The van der Waals surface area contributed by atoms with Crippen LogP contribution in [0.15, 0.2) is 168 Å². The van der Waals surface area contributed by atoms with Crippen LogP contribution in [0, 0.1) is 31.8 Å². The molecule has 0 spiro atoms. The van der Waals surface area contributed by atoms with Crippen molar-refractivity contribution in [1.82, 2.24) is 14.5 Å². The van der Waals surface area contributed by atoms with Gasteiger partial charge in [0.2, 0.25) is 0 Å². The number of nitrogens with zero attached hydrogens (tertiary/aromatic N) is 3. The molecule has 2 aliphatic heterocycles. The number of imidazole rings is 1. The number of hydrogen-bond donors (Lipinski definition) is 0. The Balaban J connectivity index is 0.000000370. The number of fused-ring (bicyclic) bond motifs is 10. The van der Waals surface area contributed by atoms with Gasteiger partial charge in [0.15, 0.2) is 0 Å². The summed E-state index contributed by atoms with van der Waals surface area (Å²) in [4.78, 5) is 9.62. The van der Waals surface area contributed by atoms with E-state index in [2.05, 4.69) is 218 Å². The third-order valence-electron chi connectivity index (χ3n) is 16.7. The van der Waals surface area contributed by atoms with Gasteiger partial charge in [0.05, 0.1) is 22.4 Å². The van der Waals surface area contributed by atoms with Crippen molar-refractivity contribution in [3.63, 3.8) is 0 Å². The second kappa shape index (κ2) is 21.0.